The largest absolute Gasteiger partial charge is 0.452 e. The van der Waals surface area contributed by atoms with Gasteiger partial charge in [0.25, 0.3) is 0 Å². The molecule has 0 atom stereocenters. The normalized spacial score (nSPS) is 12.1. The van der Waals surface area contributed by atoms with Crippen molar-refractivity contribution in [3.05, 3.63) is 66.0 Å². The molecule has 0 spiro atoms. The van der Waals surface area contributed by atoms with E-state index in [9.17, 15) is 13.2 Å². The molecule has 0 aliphatic rings. The van der Waals surface area contributed by atoms with Crippen LogP contribution >= 0.6 is 11.8 Å². The number of fused-ring (bicyclic) bond motifs is 3. The average Bonchev–Trinajstić information content (AvgIpc) is 3.06. The lowest BCUT2D eigenvalue weighted by atomic mass is 10.2. The maximum atomic E-state index is 13.3. The third-order valence-electron chi connectivity index (χ3n) is 3.67. The van der Waals surface area contributed by atoms with Gasteiger partial charge in [-0.25, -0.2) is 4.98 Å². The van der Waals surface area contributed by atoms with Crippen LogP contribution in [0.15, 0.2) is 59.6 Å². The molecule has 0 fully saturated rings. The second-order valence-corrected chi connectivity index (χ2v) is 6.32. The third-order valence-corrected chi connectivity index (χ3v) is 4.70. The molecule has 0 unspecified atom stereocenters. The average molecular weight is 360 g/mol. The lowest BCUT2D eigenvalue weighted by Gasteiger charge is -2.09. The van der Waals surface area contributed by atoms with Crippen LogP contribution in [0.25, 0.3) is 16.7 Å². The Hall–Kier alpha value is -2.61. The summed E-state index contributed by atoms with van der Waals surface area (Å²) in [7, 11) is 0. The van der Waals surface area contributed by atoms with Crippen LogP contribution in [0.1, 0.15) is 11.4 Å². The molecule has 0 saturated carbocycles. The van der Waals surface area contributed by atoms with Gasteiger partial charge in [0.2, 0.25) is 5.82 Å². The Kier molecular flexibility index (Phi) is 3.84. The van der Waals surface area contributed by atoms with Gasteiger partial charge >= 0.3 is 6.18 Å². The summed E-state index contributed by atoms with van der Waals surface area (Å²) in [5.74, 6) is -0.460. The van der Waals surface area contributed by atoms with Crippen LogP contribution in [-0.4, -0.2) is 19.6 Å². The van der Waals surface area contributed by atoms with E-state index in [1.807, 2.05) is 30.3 Å². The highest BCUT2D eigenvalue weighted by Gasteiger charge is 2.38. The van der Waals surface area contributed by atoms with Gasteiger partial charge in [0, 0.05) is 5.75 Å². The van der Waals surface area contributed by atoms with E-state index in [0.717, 1.165) is 9.96 Å². The molecule has 4 aromatic rings. The van der Waals surface area contributed by atoms with Gasteiger partial charge in [-0.2, -0.15) is 13.2 Å². The molecule has 0 aliphatic carbocycles. The molecule has 0 aliphatic heterocycles. The Bertz CT molecular complexity index is 1040. The summed E-state index contributed by atoms with van der Waals surface area (Å²) in [6.45, 7) is 0. The number of nitrogens with zero attached hydrogens (tertiary/aromatic N) is 4. The minimum absolute atomic E-state index is 0.118. The van der Waals surface area contributed by atoms with Crippen molar-refractivity contribution in [3.63, 3.8) is 0 Å². The molecule has 4 rings (SSSR count). The Labute approximate surface area is 144 Å². The zero-order valence-corrected chi connectivity index (χ0v) is 13.6. The zero-order valence-electron chi connectivity index (χ0n) is 12.7. The lowest BCUT2D eigenvalue weighted by Crippen LogP contribution is -2.11. The number of benzene rings is 2. The molecule has 0 N–H and O–H groups in total. The van der Waals surface area contributed by atoms with Crippen molar-refractivity contribution < 1.29 is 13.2 Å². The second kappa shape index (κ2) is 6.03. The maximum Gasteiger partial charge on any atom is 0.452 e. The standard InChI is InChI=1S/C17H11F3N4S/c18-17(19,20)16-23-22-14-15(25-10-11-6-2-1-3-7-11)21-12-8-4-5-9-13(12)24(14)16/h1-9H,10H2. The molecule has 0 amide bonds. The van der Waals surface area contributed by atoms with E-state index in [2.05, 4.69) is 15.2 Å². The second-order valence-electron chi connectivity index (χ2n) is 5.36. The van der Waals surface area contributed by atoms with E-state index in [0.29, 0.717) is 21.8 Å². The van der Waals surface area contributed by atoms with E-state index in [1.165, 1.54) is 11.8 Å². The molecule has 2 aromatic heterocycles. The summed E-state index contributed by atoms with van der Waals surface area (Å²) in [4.78, 5) is 4.49. The van der Waals surface area contributed by atoms with Crippen LogP contribution in [0.4, 0.5) is 13.2 Å². The van der Waals surface area contributed by atoms with Crippen LogP contribution in [0.5, 0.6) is 0 Å². The molecular weight excluding hydrogens is 349 g/mol. The molecule has 0 radical (unpaired) electrons. The fourth-order valence-corrected chi connectivity index (χ4v) is 3.48. The van der Waals surface area contributed by atoms with Crippen molar-refractivity contribution >= 4 is 28.4 Å². The van der Waals surface area contributed by atoms with E-state index in [-0.39, 0.29) is 5.65 Å². The fraction of sp³-hybridized carbons (Fsp3) is 0.118. The van der Waals surface area contributed by atoms with Crippen molar-refractivity contribution in [2.75, 3.05) is 0 Å². The summed E-state index contributed by atoms with van der Waals surface area (Å²) in [6, 6.07) is 16.3. The van der Waals surface area contributed by atoms with E-state index in [1.54, 1.807) is 24.3 Å². The maximum absolute atomic E-state index is 13.3. The number of hydrogen-bond acceptors (Lipinski definition) is 4. The first-order valence-electron chi connectivity index (χ1n) is 7.42. The first-order valence-corrected chi connectivity index (χ1v) is 8.40. The summed E-state index contributed by atoms with van der Waals surface area (Å²) in [5, 5.41) is 7.55. The molecule has 126 valence electrons. The molecule has 0 bridgehead atoms. The van der Waals surface area contributed by atoms with Crippen LogP contribution in [0.2, 0.25) is 0 Å². The molecule has 0 saturated heterocycles. The predicted molar refractivity (Wildman–Crippen MR) is 89.3 cm³/mol. The molecular formula is C17H11F3N4S. The van der Waals surface area contributed by atoms with Crippen LogP contribution in [0.3, 0.4) is 0 Å². The van der Waals surface area contributed by atoms with Gasteiger partial charge in [0.15, 0.2) is 5.65 Å². The van der Waals surface area contributed by atoms with E-state index in [4.69, 9.17) is 0 Å². The first-order chi connectivity index (χ1) is 12.0. The van der Waals surface area contributed by atoms with Gasteiger partial charge in [0.1, 0.15) is 5.03 Å². The molecule has 2 aromatic carbocycles. The number of alkyl halides is 3. The number of halogens is 3. The summed E-state index contributed by atoms with van der Waals surface area (Å²) < 4.78 is 41.0. The molecule has 4 nitrogen and oxygen atoms in total. The minimum atomic E-state index is -4.59. The highest BCUT2D eigenvalue weighted by molar-refractivity contribution is 7.98. The first kappa shape index (κ1) is 15.9. The van der Waals surface area contributed by atoms with Gasteiger partial charge in [-0.05, 0) is 17.7 Å². The van der Waals surface area contributed by atoms with Crippen molar-refractivity contribution in [3.8, 4) is 0 Å². The smallest absolute Gasteiger partial charge is 0.267 e. The molecule has 2 heterocycles. The number of hydrogen-bond donors (Lipinski definition) is 0. The van der Waals surface area contributed by atoms with E-state index >= 15 is 0 Å². The Morgan fingerprint density at radius 1 is 0.920 bits per heavy atom. The lowest BCUT2D eigenvalue weighted by molar-refractivity contribution is -0.145. The summed E-state index contributed by atoms with van der Waals surface area (Å²) >= 11 is 1.34. The Morgan fingerprint density at radius 3 is 2.40 bits per heavy atom. The quantitative estimate of drug-likeness (QED) is 0.501. The van der Waals surface area contributed by atoms with Crippen LogP contribution < -0.4 is 0 Å². The number of para-hydroxylation sites is 2. The van der Waals surface area contributed by atoms with Gasteiger partial charge in [0.05, 0.1) is 11.0 Å². The number of aromatic nitrogens is 4. The highest BCUT2D eigenvalue weighted by atomic mass is 32.2. The van der Waals surface area contributed by atoms with Crippen LogP contribution in [-0.2, 0) is 11.9 Å². The van der Waals surface area contributed by atoms with Crippen LogP contribution in [0, 0.1) is 0 Å². The summed E-state index contributed by atoms with van der Waals surface area (Å²) in [5.41, 5.74) is 1.97. The number of thioether (sulfide) groups is 1. The van der Waals surface area contributed by atoms with Crippen molar-refractivity contribution in [1.29, 1.82) is 0 Å². The van der Waals surface area contributed by atoms with Gasteiger partial charge in [-0.15, -0.1) is 10.2 Å². The predicted octanol–water partition coefficient (Wildman–Crippen LogP) is 4.59. The number of rotatable bonds is 3. The zero-order chi connectivity index (χ0) is 17.4. The molecule has 8 heteroatoms. The van der Waals surface area contributed by atoms with Crippen molar-refractivity contribution in [2.45, 2.75) is 17.0 Å². The molecule has 25 heavy (non-hydrogen) atoms. The monoisotopic (exact) mass is 360 g/mol. The van der Waals surface area contributed by atoms with Crippen molar-refractivity contribution in [1.82, 2.24) is 19.6 Å². The van der Waals surface area contributed by atoms with Gasteiger partial charge in [-0.1, -0.05) is 54.2 Å². The summed E-state index contributed by atoms with van der Waals surface area (Å²) in [6.07, 6.45) is -4.59. The third kappa shape index (κ3) is 2.93. The highest BCUT2D eigenvalue weighted by Crippen LogP contribution is 2.33. The minimum Gasteiger partial charge on any atom is -0.267 e. The fourth-order valence-electron chi connectivity index (χ4n) is 2.56. The topological polar surface area (TPSA) is 43.1 Å². The van der Waals surface area contributed by atoms with E-state index < -0.39 is 12.0 Å². The van der Waals surface area contributed by atoms with Crippen molar-refractivity contribution in [2.24, 2.45) is 0 Å². The Morgan fingerprint density at radius 2 is 1.64 bits per heavy atom. The van der Waals surface area contributed by atoms with Gasteiger partial charge in [-0.3, -0.25) is 4.40 Å². The SMILES string of the molecule is FC(F)(F)c1nnc2c(SCc3ccccc3)nc3ccccc3n12. The van der Waals surface area contributed by atoms with Gasteiger partial charge < -0.3 is 0 Å². The Balaban J connectivity index is 1.87.